The Balaban J connectivity index is 1.82. The number of pyridine rings is 1. The molecule has 0 unspecified atom stereocenters. The van der Waals surface area contributed by atoms with E-state index in [1.807, 2.05) is 12.1 Å². The second-order valence-corrected chi connectivity index (χ2v) is 4.50. The van der Waals surface area contributed by atoms with Gasteiger partial charge in [0.1, 0.15) is 0 Å². The van der Waals surface area contributed by atoms with Crippen molar-refractivity contribution in [3.63, 3.8) is 0 Å². The molecule has 5 heteroatoms. The quantitative estimate of drug-likeness (QED) is 0.875. The van der Waals surface area contributed by atoms with Crippen molar-refractivity contribution in [3.8, 4) is 0 Å². The molecule has 2 aromatic rings. The highest BCUT2D eigenvalue weighted by molar-refractivity contribution is 14.1. The molecule has 0 spiro atoms. The summed E-state index contributed by atoms with van der Waals surface area (Å²) in [6.07, 6.45) is 8.13. The fourth-order valence-corrected chi connectivity index (χ4v) is 1.55. The van der Waals surface area contributed by atoms with Crippen LogP contribution in [-0.4, -0.2) is 21.5 Å². The van der Waals surface area contributed by atoms with Crippen LogP contribution in [-0.2, 0) is 6.42 Å². The van der Waals surface area contributed by atoms with Gasteiger partial charge in [0, 0.05) is 34.9 Å². The van der Waals surface area contributed by atoms with Crippen molar-refractivity contribution < 1.29 is 0 Å². The maximum atomic E-state index is 4.17. The molecule has 1 N–H and O–H groups in total. The largest absolute Gasteiger partial charge is 0.354 e. The number of nitrogens with zero attached hydrogens (tertiary/aromatic N) is 3. The summed E-state index contributed by atoms with van der Waals surface area (Å²) in [5, 5.41) is 3.17. The van der Waals surface area contributed by atoms with Crippen LogP contribution in [0, 0.1) is 3.57 Å². The van der Waals surface area contributed by atoms with Crippen molar-refractivity contribution in [3.05, 3.63) is 46.1 Å². The van der Waals surface area contributed by atoms with E-state index in [9.17, 15) is 0 Å². The second kappa shape index (κ2) is 5.74. The van der Waals surface area contributed by atoms with Gasteiger partial charge in [-0.15, -0.1) is 0 Å². The van der Waals surface area contributed by atoms with E-state index in [4.69, 9.17) is 0 Å². The fourth-order valence-electron chi connectivity index (χ4n) is 1.27. The van der Waals surface area contributed by atoms with Crippen LogP contribution in [0.4, 0.5) is 5.95 Å². The van der Waals surface area contributed by atoms with E-state index in [0.717, 1.165) is 16.5 Å². The van der Waals surface area contributed by atoms with E-state index >= 15 is 0 Å². The van der Waals surface area contributed by atoms with E-state index in [1.165, 1.54) is 5.56 Å². The third-order valence-corrected chi connectivity index (χ3v) is 2.62. The number of halogens is 1. The minimum atomic E-state index is 0.675. The lowest BCUT2D eigenvalue weighted by molar-refractivity contribution is 0.977. The van der Waals surface area contributed by atoms with Gasteiger partial charge >= 0.3 is 0 Å². The van der Waals surface area contributed by atoms with Gasteiger partial charge in [0.05, 0.1) is 0 Å². The highest BCUT2D eigenvalue weighted by Gasteiger charge is 1.95. The van der Waals surface area contributed by atoms with E-state index in [2.05, 4.69) is 42.9 Å². The van der Waals surface area contributed by atoms with Crippen LogP contribution in [0.25, 0.3) is 0 Å². The zero-order valence-electron chi connectivity index (χ0n) is 8.60. The average molecular weight is 326 g/mol. The number of hydrogen-bond acceptors (Lipinski definition) is 4. The SMILES string of the molecule is Ic1cnc(NCCc2ccncc2)nc1. The molecule has 0 aliphatic rings. The van der Waals surface area contributed by atoms with Crippen LogP contribution in [0.5, 0.6) is 0 Å². The summed E-state index contributed by atoms with van der Waals surface area (Å²) in [4.78, 5) is 12.3. The van der Waals surface area contributed by atoms with Crippen LogP contribution < -0.4 is 5.32 Å². The lowest BCUT2D eigenvalue weighted by Gasteiger charge is -2.04. The van der Waals surface area contributed by atoms with Crippen molar-refractivity contribution in [2.24, 2.45) is 0 Å². The summed E-state index contributed by atoms with van der Waals surface area (Å²) >= 11 is 2.18. The van der Waals surface area contributed by atoms with Gasteiger partial charge < -0.3 is 5.32 Å². The van der Waals surface area contributed by atoms with Crippen LogP contribution in [0.2, 0.25) is 0 Å². The molecule has 2 aromatic heterocycles. The summed E-state index contributed by atoms with van der Waals surface area (Å²) in [5.41, 5.74) is 1.26. The molecule has 0 fully saturated rings. The van der Waals surface area contributed by atoms with E-state index in [-0.39, 0.29) is 0 Å². The van der Waals surface area contributed by atoms with Gasteiger partial charge in [-0.3, -0.25) is 4.98 Å². The van der Waals surface area contributed by atoms with Crippen molar-refractivity contribution in [1.29, 1.82) is 0 Å². The van der Waals surface area contributed by atoms with E-state index in [0.29, 0.717) is 5.95 Å². The lowest BCUT2D eigenvalue weighted by Crippen LogP contribution is -2.07. The molecule has 0 atom stereocenters. The van der Waals surface area contributed by atoms with Gasteiger partial charge in [-0.1, -0.05) is 0 Å². The first-order valence-corrected chi connectivity index (χ1v) is 6.03. The van der Waals surface area contributed by atoms with Crippen molar-refractivity contribution in [1.82, 2.24) is 15.0 Å². The Bertz CT molecular complexity index is 429. The summed E-state index contributed by atoms with van der Waals surface area (Å²) < 4.78 is 1.04. The van der Waals surface area contributed by atoms with Crippen LogP contribution in [0.1, 0.15) is 5.56 Å². The van der Waals surface area contributed by atoms with Crippen LogP contribution in [0.3, 0.4) is 0 Å². The Labute approximate surface area is 108 Å². The Morgan fingerprint density at radius 1 is 1.12 bits per heavy atom. The van der Waals surface area contributed by atoms with Gasteiger partial charge in [-0.05, 0) is 46.7 Å². The molecular weight excluding hydrogens is 315 g/mol. The highest BCUT2D eigenvalue weighted by Crippen LogP contribution is 2.03. The van der Waals surface area contributed by atoms with Crippen molar-refractivity contribution in [2.75, 3.05) is 11.9 Å². The normalized spacial score (nSPS) is 10.1. The fraction of sp³-hybridized carbons (Fsp3) is 0.182. The molecule has 2 rings (SSSR count). The molecule has 0 amide bonds. The first-order valence-electron chi connectivity index (χ1n) is 4.95. The Kier molecular flexibility index (Phi) is 4.03. The van der Waals surface area contributed by atoms with Gasteiger partial charge in [0.25, 0.3) is 0 Å². The van der Waals surface area contributed by atoms with Gasteiger partial charge in [0.15, 0.2) is 0 Å². The second-order valence-electron chi connectivity index (χ2n) is 3.26. The molecule has 0 saturated heterocycles. The van der Waals surface area contributed by atoms with Crippen LogP contribution >= 0.6 is 22.6 Å². The van der Waals surface area contributed by atoms with Gasteiger partial charge in [-0.25, -0.2) is 9.97 Å². The highest BCUT2D eigenvalue weighted by atomic mass is 127. The molecule has 82 valence electrons. The molecule has 0 saturated carbocycles. The van der Waals surface area contributed by atoms with Gasteiger partial charge in [0.2, 0.25) is 5.95 Å². The molecule has 2 heterocycles. The third kappa shape index (κ3) is 3.41. The molecule has 0 aliphatic heterocycles. The van der Waals surface area contributed by atoms with Crippen molar-refractivity contribution >= 4 is 28.5 Å². The summed E-state index contributed by atoms with van der Waals surface area (Å²) in [7, 11) is 0. The van der Waals surface area contributed by atoms with Crippen molar-refractivity contribution in [2.45, 2.75) is 6.42 Å². The standard InChI is InChI=1S/C11H11IN4/c12-10-7-15-11(16-8-10)14-6-3-9-1-4-13-5-2-9/h1-2,4-5,7-8H,3,6H2,(H,14,15,16). The first-order chi connectivity index (χ1) is 7.84. The predicted molar refractivity (Wildman–Crippen MR) is 71.2 cm³/mol. The zero-order chi connectivity index (χ0) is 11.2. The lowest BCUT2D eigenvalue weighted by atomic mass is 10.2. The van der Waals surface area contributed by atoms with Crippen LogP contribution in [0.15, 0.2) is 36.9 Å². The van der Waals surface area contributed by atoms with Gasteiger partial charge in [-0.2, -0.15) is 0 Å². The monoisotopic (exact) mass is 326 g/mol. The Morgan fingerprint density at radius 2 is 1.81 bits per heavy atom. The molecule has 0 radical (unpaired) electrons. The third-order valence-electron chi connectivity index (χ3n) is 2.07. The molecule has 0 aliphatic carbocycles. The maximum absolute atomic E-state index is 4.17. The average Bonchev–Trinajstić information content (AvgIpc) is 2.33. The number of nitrogens with one attached hydrogen (secondary N) is 1. The van der Waals surface area contributed by atoms with E-state index < -0.39 is 0 Å². The Hall–Kier alpha value is -1.24. The maximum Gasteiger partial charge on any atom is 0.222 e. The molecular formula is C11H11IN4. The molecule has 4 nitrogen and oxygen atoms in total. The summed E-state index contributed by atoms with van der Waals surface area (Å²) in [6, 6.07) is 4.02. The Morgan fingerprint density at radius 3 is 2.50 bits per heavy atom. The summed E-state index contributed by atoms with van der Waals surface area (Å²) in [6.45, 7) is 0.824. The minimum absolute atomic E-state index is 0.675. The summed E-state index contributed by atoms with van der Waals surface area (Å²) in [5.74, 6) is 0.675. The molecule has 0 aromatic carbocycles. The molecule has 16 heavy (non-hydrogen) atoms. The zero-order valence-corrected chi connectivity index (χ0v) is 10.8. The smallest absolute Gasteiger partial charge is 0.222 e. The van der Waals surface area contributed by atoms with E-state index in [1.54, 1.807) is 24.8 Å². The first kappa shape index (κ1) is 11.3. The number of anilines is 1. The molecule has 0 bridgehead atoms. The number of aromatic nitrogens is 3. The predicted octanol–water partition coefficient (Wildman–Crippen LogP) is 2.13. The number of rotatable bonds is 4. The number of hydrogen-bond donors (Lipinski definition) is 1. The minimum Gasteiger partial charge on any atom is -0.354 e. The topological polar surface area (TPSA) is 50.7 Å².